The highest BCUT2D eigenvalue weighted by atomic mass is 35.5. The quantitative estimate of drug-likeness (QED) is 0.187. The first-order chi connectivity index (χ1) is 17.2. The molecule has 0 aliphatic carbocycles. The van der Waals surface area contributed by atoms with Crippen LogP contribution in [0.4, 0.5) is 4.79 Å². The highest BCUT2D eigenvalue weighted by Crippen LogP contribution is 2.58. The van der Waals surface area contributed by atoms with Crippen LogP contribution < -0.4 is 11.2 Å². The molecule has 0 spiro atoms. The van der Waals surface area contributed by atoms with Gasteiger partial charge in [0.2, 0.25) is 5.72 Å². The van der Waals surface area contributed by atoms with Gasteiger partial charge in [-0.25, -0.2) is 14.2 Å². The lowest BCUT2D eigenvalue weighted by Crippen LogP contribution is -2.44. The van der Waals surface area contributed by atoms with E-state index in [-0.39, 0.29) is 6.61 Å². The molecular weight excluding hydrogens is 525 g/mol. The summed E-state index contributed by atoms with van der Waals surface area (Å²) in [5.41, 5.74) is 6.19. The number of ether oxygens (including phenoxy) is 3. The van der Waals surface area contributed by atoms with E-state index in [2.05, 4.69) is 10.0 Å². The summed E-state index contributed by atoms with van der Waals surface area (Å²) in [5.74, 6) is 0. The van der Waals surface area contributed by atoms with Crippen LogP contribution in [0.15, 0.2) is 51.2 Å². The number of hydrogen-bond acceptors (Lipinski definition) is 11. The number of hydrogen-bond donors (Lipinski definition) is 1. The van der Waals surface area contributed by atoms with Gasteiger partial charge >= 0.3 is 19.7 Å². The van der Waals surface area contributed by atoms with Crippen molar-refractivity contribution in [1.82, 2.24) is 9.55 Å². The van der Waals surface area contributed by atoms with Crippen molar-refractivity contribution in [2.75, 3.05) is 13.2 Å². The van der Waals surface area contributed by atoms with E-state index in [0.29, 0.717) is 17.0 Å². The number of azide groups is 1. The van der Waals surface area contributed by atoms with E-state index in [1.54, 1.807) is 24.3 Å². The third kappa shape index (κ3) is 4.53. The number of carbonyl (C=O) groups excluding carboxylic acids is 1. The molecule has 3 saturated heterocycles. The topological polar surface area (TPSA) is 193 Å². The number of aromatic amines is 1. The van der Waals surface area contributed by atoms with Gasteiger partial charge in [0.1, 0.15) is 0 Å². The number of benzene rings is 1. The van der Waals surface area contributed by atoms with E-state index >= 15 is 0 Å². The first-order valence-electron chi connectivity index (χ1n) is 10.5. The van der Waals surface area contributed by atoms with Crippen molar-refractivity contribution >= 4 is 25.6 Å². The Morgan fingerprint density at radius 3 is 2.89 bits per heavy atom. The maximum absolute atomic E-state index is 13.3. The largest absolute Gasteiger partial charge is 0.509 e. The predicted molar refractivity (Wildman–Crippen MR) is 118 cm³/mol. The van der Waals surface area contributed by atoms with E-state index < -0.39 is 62.1 Å². The first-order valence-corrected chi connectivity index (χ1v) is 12.3. The van der Waals surface area contributed by atoms with Gasteiger partial charge in [0.15, 0.2) is 18.4 Å². The Kier molecular flexibility index (Phi) is 6.39. The smallest absolute Gasteiger partial charge is 0.423 e. The van der Waals surface area contributed by atoms with Crippen molar-refractivity contribution in [2.45, 2.75) is 36.7 Å². The summed E-state index contributed by atoms with van der Waals surface area (Å²) in [6.07, 6.45) is -4.38. The molecule has 3 aliphatic heterocycles. The Balaban J connectivity index is 1.41. The fourth-order valence-electron chi connectivity index (χ4n) is 4.10. The molecule has 17 heteroatoms. The van der Waals surface area contributed by atoms with Gasteiger partial charge in [-0.2, -0.15) is 0 Å². The number of aromatic nitrogens is 2. The van der Waals surface area contributed by atoms with Crippen molar-refractivity contribution in [1.29, 1.82) is 0 Å². The SMILES string of the molecule is [N-]=[N+]=N[C@]1(CO[P@@]2(=O)OCC[C@@H](c3cccc(Cl)c3)O2)O[C@@H](n2ccc(=O)[nH]c2=O)[C@@H]2OC(=O)O[C@@H]21. The summed E-state index contributed by atoms with van der Waals surface area (Å²) in [6.45, 7) is -0.744. The van der Waals surface area contributed by atoms with E-state index in [0.717, 1.165) is 16.8 Å². The van der Waals surface area contributed by atoms with Gasteiger partial charge in [-0.3, -0.25) is 27.9 Å². The molecule has 5 rings (SSSR count). The molecule has 6 atom stereocenters. The van der Waals surface area contributed by atoms with Crippen molar-refractivity contribution in [3.05, 3.63) is 78.4 Å². The summed E-state index contributed by atoms with van der Waals surface area (Å²) in [5, 5.41) is 4.05. The van der Waals surface area contributed by atoms with Crippen LogP contribution in [0.1, 0.15) is 24.3 Å². The van der Waals surface area contributed by atoms with Crippen molar-refractivity contribution < 1.29 is 37.1 Å². The summed E-state index contributed by atoms with van der Waals surface area (Å²) < 4.78 is 46.6. The third-order valence-corrected chi connectivity index (χ3v) is 7.37. The summed E-state index contributed by atoms with van der Waals surface area (Å²) >= 11 is 6.04. The maximum atomic E-state index is 13.3. The molecular formula is C19H17ClN5O10P. The Labute approximate surface area is 206 Å². The van der Waals surface area contributed by atoms with Crippen molar-refractivity contribution in [3.8, 4) is 0 Å². The number of nitrogens with one attached hydrogen (secondary N) is 1. The van der Waals surface area contributed by atoms with Gasteiger partial charge in [0.25, 0.3) is 5.56 Å². The molecule has 1 aromatic carbocycles. The van der Waals surface area contributed by atoms with Crippen LogP contribution >= 0.6 is 19.4 Å². The number of phosphoric ester groups is 1. The van der Waals surface area contributed by atoms with Crippen LogP contribution in [0.3, 0.4) is 0 Å². The van der Waals surface area contributed by atoms with Crippen LogP contribution in [0.25, 0.3) is 10.4 Å². The molecule has 4 heterocycles. The molecule has 0 bridgehead atoms. The third-order valence-electron chi connectivity index (χ3n) is 5.68. The van der Waals surface area contributed by atoms with Crippen LogP contribution in [-0.4, -0.2) is 46.9 Å². The van der Waals surface area contributed by atoms with E-state index in [1.165, 1.54) is 0 Å². The van der Waals surface area contributed by atoms with Crippen molar-refractivity contribution in [2.24, 2.45) is 5.11 Å². The summed E-state index contributed by atoms with van der Waals surface area (Å²) in [4.78, 5) is 40.5. The van der Waals surface area contributed by atoms with Gasteiger partial charge in [-0.1, -0.05) is 28.8 Å². The number of halogens is 1. The van der Waals surface area contributed by atoms with E-state index in [9.17, 15) is 24.5 Å². The number of nitrogens with zero attached hydrogens (tertiary/aromatic N) is 4. The molecule has 1 aromatic heterocycles. The average molecular weight is 542 g/mol. The van der Waals surface area contributed by atoms with Gasteiger partial charge in [0.05, 0.1) is 19.3 Å². The minimum Gasteiger partial charge on any atom is -0.423 e. The zero-order valence-corrected chi connectivity index (χ0v) is 19.7. The van der Waals surface area contributed by atoms with Crippen LogP contribution in [0.2, 0.25) is 5.02 Å². The first kappa shape index (κ1) is 24.5. The Bertz CT molecular complexity index is 1410. The molecule has 36 heavy (non-hydrogen) atoms. The predicted octanol–water partition coefficient (Wildman–Crippen LogP) is 2.93. The standard InChI is InChI=1S/C19H17ClN5O10P/c20-11-3-1-2-10(8-11)12-5-7-30-36(29,35-12)31-9-19(23-24-21)15-14(32-18(28)33-15)16(34-19)25-6-4-13(26)22-17(25)27/h1-4,6,8,12,14-16H,5,7,9H2,(H,22,26,27)/t12-,14+,15-,16+,19+,36+/m0/s1. The Morgan fingerprint density at radius 1 is 1.31 bits per heavy atom. The molecule has 190 valence electrons. The normalized spacial score (nSPS) is 33.3. The fourth-order valence-corrected chi connectivity index (χ4v) is 5.71. The van der Waals surface area contributed by atoms with Gasteiger partial charge in [0, 0.05) is 28.6 Å². The highest BCUT2D eigenvalue weighted by Gasteiger charge is 2.64. The maximum Gasteiger partial charge on any atom is 0.509 e. The van der Waals surface area contributed by atoms with Crippen LogP contribution in [0.5, 0.6) is 0 Å². The molecule has 2 aromatic rings. The number of rotatable bonds is 6. The second-order valence-corrected chi connectivity index (χ2v) is 9.98. The van der Waals surface area contributed by atoms with Gasteiger partial charge in [-0.15, -0.1) is 0 Å². The van der Waals surface area contributed by atoms with Crippen molar-refractivity contribution in [3.63, 3.8) is 0 Å². The molecule has 0 unspecified atom stereocenters. The molecule has 0 radical (unpaired) electrons. The number of fused-ring (bicyclic) bond motifs is 1. The molecule has 3 fully saturated rings. The molecule has 3 aliphatic rings. The van der Waals surface area contributed by atoms with Crippen LogP contribution in [-0.2, 0) is 32.3 Å². The lowest BCUT2D eigenvalue weighted by atomic mass is 10.1. The number of carbonyl (C=O) groups is 1. The van der Waals surface area contributed by atoms with Gasteiger partial charge in [-0.05, 0) is 23.2 Å². The second-order valence-electron chi connectivity index (χ2n) is 7.92. The lowest BCUT2D eigenvalue weighted by Gasteiger charge is -2.32. The van der Waals surface area contributed by atoms with E-state index in [4.69, 9.17) is 39.4 Å². The monoisotopic (exact) mass is 541 g/mol. The fraction of sp³-hybridized carbons (Fsp3) is 0.421. The highest BCUT2D eigenvalue weighted by molar-refractivity contribution is 7.48. The molecule has 1 N–H and O–H groups in total. The Hall–Kier alpha value is -3.16. The van der Waals surface area contributed by atoms with Gasteiger partial charge < -0.3 is 14.2 Å². The average Bonchev–Trinajstić information content (AvgIpc) is 3.35. The minimum atomic E-state index is -4.23. The summed E-state index contributed by atoms with van der Waals surface area (Å²) in [7, 11) is -4.23. The molecule has 15 nitrogen and oxygen atoms in total. The zero-order valence-electron chi connectivity index (χ0n) is 18.1. The van der Waals surface area contributed by atoms with E-state index in [1.807, 2.05) is 4.98 Å². The molecule has 0 saturated carbocycles. The molecule has 0 amide bonds. The lowest BCUT2D eigenvalue weighted by molar-refractivity contribution is -0.137. The summed E-state index contributed by atoms with van der Waals surface area (Å²) in [6, 6.07) is 7.81. The Morgan fingerprint density at radius 2 is 2.14 bits per heavy atom. The zero-order chi connectivity index (χ0) is 25.5. The minimum absolute atomic E-state index is 0.0172. The second kappa shape index (κ2) is 9.37. The number of H-pyrrole nitrogens is 1. The van der Waals surface area contributed by atoms with Crippen LogP contribution in [0, 0.1) is 0 Å². The number of phosphoric acid groups is 1.